The van der Waals surface area contributed by atoms with E-state index in [4.69, 9.17) is 18.5 Å². The number of rotatable bonds is 8. The molecule has 0 aliphatic heterocycles. The van der Waals surface area contributed by atoms with Gasteiger partial charge in [0, 0.05) is 36.9 Å². The average molecular weight is 1060 g/mol. The maximum atomic E-state index is 7.44. The molecule has 0 spiro atoms. The average Bonchev–Trinajstić information content (AvgIpc) is 3.84. The third-order valence-corrected chi connectivity index (χ3v) is 15.7. The fraction of sp³-hybridized carbons (Fsp3) is 0.255. The summed E-state index contributed by atoms with van der Waals surface area (Å²) in [5.41, 5.74) is 14.9. The maximum Gasteiger partial charge on any atom is 0 e. The molecule has 5 nitrogen and oxygen atoms in total. The first-order chi connectivity index (χ1) is 30.4. The molecular formula is C55H56GeIrN4O-2. The molecule has 0 saturated heterocycles. The molecule has 0 bridgehead atoms. The van der Waals surface area contributed by atoms with Crippen LogP contribution in [0, 0.1) is 25.9 Å². The Labute approximate surface area is 388 Å². The van der Waals surface area contributed by atoms with Gasteiger partial charge in [0.2, 0.25) is 0 Å². The van der Waals surface area contributed by atoms with Crippen LogP contribution in [0.15, 0.2) is 126 Å². The van der Waals surface area contributed by atoms with Gasteiger partial charge >= 0.3 is 130 Å². The van der Waals surface area contributed by atoms with E-state index in [1.54, 1.807) is 18.2 Å². The van der Waals surface area contributed by atoms with Crippen LogP contribution in [0.4, 0.5) is 0 Å². The predicted octanol–water partition coefficient (Wildman–Crippen LogP) is 14.5. The molecule has 9 rings (SSSR count). The second kappa shape index (κ2) is 18.3. The number of fused-ring (bicyclic) bond motifs is 4. The maximum absolute atomic E-state index is 7.44. The number of aromatic nitrogens is 4. The van der Waals surface area contributed by atoms with Crippen molar-refractivity contribution in [1.29, 1.82) is 0 Å². The number of imidazole rings is 1. The van der Waals surface area contributed by atoms with Crippen molar-refractivity contribution in [2.24, 2.45) is 0 Å². The molecule has 9 aromatic rings. The predicted molar refractivity (Wildman–Crippen MR) is 259 cm³/mol. The van der Waals surface area contributed by atoms with Crippen molar-refractivity contribution < 1.29 is 28.6 Å². The third-order valence-electron chi connectivity index (χ3n) is 11.4. The van der Waals surface area contributed by atoms with Gasteiger partial charge in [-0.1, -0.05) is 87.2 Å². The number of nitrogens with zero attached hydrogens (tertiary/aromatic N) is 4. The summed E-state index contributed by atoms with van der Waals surface area (Å²) in [6, 6.07) is 43.4. The van der Waals surface area contributed by atoms with Crippen molar-refractivity contribution in [3.63, 3.8) is 0 Å². The summed E-state index contributed by atoms with van der Waals surface area (Å²) in [4.78, 5) is 14.6. The minimum Gasteiger partial charge on any atom is 0 e. The van der Waals surface area contributed by atoms with E-state index in [0.29, 0.717) is 11.5 Å². The van der Waals surface area contributed by atoms with Crippen LogP contribution in [0.3, 0.4) is 0 Å². The zero-order chi connectivity index (χ0) is 45.7. The molecule has 5 aromatic carbocycles. The molecule has 317 valence electrons. The quantitative estimate of drug-likeness (QED) is 0.112. The zero-order valence-electron chi connectivity index (χ0n) is 40.3. The monoisotopic (exact) mass is 1060 g/mol. The van der Waals surface area contributed by atoms with Crippen molar-refractivity contribution in [2.45, 2.75) is 90.3 Å². The number of hydrogen-bond acceptors (Lipinski definition) is 4. The van der Waals surface area contributed by atoms with Gasteiger partial charge in [0.15, 0.2) is 0 Å². The minimum absolute atomic E-state index is 0. The van der Waals surface area contributed by atoms with Gasteiger partial charge < -0.3 is 8.98 Å². The summed E-state index contributed by atoms with van der Waals surface area (Å²) in [5, 5.41) is 2.16. The molecule has 0 atom stereocenters. The Morgan fingerprint density at radius 3 is 2.05 bits per heavy atom. The fourth-order valence-corrected chi connectivity index (χ4v) is 11.8. The van der Waals surface area contributed by atoms with Gasteiger partial charge in [-0.2, -0.15) is 0 Å². The minimum atomic E-state index is -2.09. The largest absolute Gasteiger partial charge is 0 e. The number of furan rings is 1. The molecule has 1 radical (unpaired) electrons. The Balaban J connectivity index is 0.000000225. The second-order valence-electron chi connectivity index (χ2n) is 18.0. The Morgan fingerprint density at radius 1 is 0.710 bits per heavy atom. The summed E-state index contributed by atoms with van der Waals surface area (Å²) in [7, 11) is 0. The molecule has 4 heterocycles. The second-order valence-corrected chi connectivity index (χ2v) is 28.6. The molecule has 0 fully saturated rings. The third kappa shape index (κ3) is 8.88. The van der Waals surface area contributed by atoms with E-state index in [1.165, 1.54) is 37.9 Å². The smallest absolute Gasteiger partial charge is 0 e. The molecule has 4 aromatic heterocycles. The van der Waals surface area contributed by atoms with Crippen LogP contribution >= 0.6 is 0 Å². The van der Waals surface area contributed by atoms with Crippen LogP contribution in [-0.2, 0) is 20.1 Å². The number of aryl methyl sites for hydroxylation is 2. The van der Waals surface area contributed by atoms with Crippen molar-refractivity contribution >= 4 is 50.6 Å². The fourth-order valence-electron chi connectivity index (χ4n) is 8.25. The van der Waals surface area contributed by atoms with Gasteiger partial charge in [-0.3, -0.25) is 9.97 Å². The molecule has 0 unspecified atom stereocenters. The molecular weight excluding hydrogens is 997 g/mol. The standard InChI is InChI=1S/C37H32N3O.C18H24GeN.Ir/c1-22(2)30-19-26(25-12-7-6-8-13-25)20-31(23(3)4)35(30)40-33-21-38-24(5)18-32(33)39-37(40)29-16-11-15-28-27-14-9-10-17-34(27)41-36(28)29;1-13(2)16-11-18(15-9-7-14(3)8-10-15)20-12-17(16)19(4,5)6;/h6-15,17-23H,1-5H3;7-9,11-13H,1-6H3;/q2*-1;/i;3D3;. The Kier molecular flexibility index (Phi) is 12.1. The molecule has 7 heteroatoms. The summed E-state index contributed by atoms with van der Waals surface area (Å²) in [6.45, 7) is 13.4. The molecule has 0 aliphatic rings. The van der Waals surface area contributed by atoms with Crippen molar-refractivity contribution in [3.05, 3.63) is 162 Å². The molecule has 0 aliphatic carbocycles. The van der Waals surface area contributed by atoms with Crippen molar-refractivity contribution in [2.75, 3.05) is 0 Å². The van der Waals surface area contributed by atoms with Gasteiger partial charge in [0.25, 0.3) is 0 Å². The summed E-state index contributed by atoms with van der Waals surface area (Å²) in [6.07, 6.45) is 3.98. The Morgan fingerprint density at radius 2 is 1.40 bits per heavy atom. The Hall–Kier alpha value is -5.14. The normalized spacial score (nSPS) is 12.7. The van der Waals surface area contributed by atoms with E-state index >= 15 is 0 Å². The van der Waals surface area contributed by atoms with Crippen molar-refractivity contribution in [1.82, 2.24) is 19.5 Å². The van der Waals surface area contributed by atoms with E-state index in [-0.39, 0.29) is 31.9 Å². The number of hydrogen-bond donors (Lipinski definition) is 0. The van der Waals surface area contributed by atoms with E-state index in [1.807, 2.05) is 37.5 Å². The van der Waals surface area contributed by atoms with Gasteiger partial charge in [0.1, 0.15) is 5.58 Å². The van der Waals surface area contributed by atoms with Gasteiger partial charge in [0.05, 0.1) is 28.6 Å². The van der Waals surface area contributed by atoms with Crippen LogP contribution in [0.5, 0.6) is 0 Å². The first-order valence-electron chi connectivity index (χ1n) is 22.8. The van der Waals surface area contributed by atoms with E-state index < -0.39 is 20.1 Å². The van der Waals surface area contributed by atoms with Gasteiger partial charge in [-0.25, -0.2) is 0 Å². The van der Waals surface area contributed by atoms with Gasteiger partial charge in [-0.15, -0.1) is 18.2 Å². The first kappa shape index (κ1) is 40.9. The van der Waals surface area contributed by atoms with Crippen LogP contribution < -0.4 is 4.40 Å². The van der Waals surface area contributed by atoms with E-state index in [2.05, 4.69) is 153 Å². The molecule has 0 amide bonds. The summed E-state index contributed by atoms with van der Waals surface area (Å²) in [5.74, 6) is 8.94. The SMILES string of the molecule is Cc1cc2nc(-c3[c-]ccc4c3oc3ccccc34)n(-c3c(C(C)C)cc(-c4ccccc4)cc3C(C)C)c2cn1.[2H]C([2H])([2H])c1c[c-]c(-c2cc(C(C)C)[c]([Ge]([CH3])([CH3])[CH3])cn2)cc1.[Ir]. The molecule has 62 heavy (non-hydrogen) atoms. The number of benzene rings is 5. The number of pyridine rings is 2. The topological polar surface area (TPSA) is 56.7 Å². The van der Waals surface area contributed by atoms with Crippen LogP contribution in [0.25, 0.3) is 72.4 Å². The van der Waals surface area contributed by atoms with Crippen LogP contribution in [0.2, 0.25) is 17.3 Å². The molecule has 0 N–H and O–H groups in total. The van der Waals surface area contributed by atoms with E-state index in [0.717, 1.165) is 61.3 Å². The van der Waals surface area contributed by atoms with Gasteiger partial charge in [-0.05, 0) is 65.3 Å². The van der Waals surface area contributed by atoms with E-state index in [9.17, 15) is 0 Å². The van der Waals surface area contributed by atoms with Crippen molar-refractivity contribution in [3.8, 4) is 39.5 Å². The zero-order valence-corrected chi connectivity index (χ0v) is 41.8. The summed E-state index contributed by atoms with van der Waals surface area (Å²) >= 11 is -1.97. The first-order valence-corrected chi connectivity index (χ1v) is 28.7. The molecule has 0 saturated carbocycles. The Bertz CT molecular complexity index is 3100. The summed E-state index contributed by atoms with van der Waals surface area (Å²) < 4.78 is 32.5. The number of para-hydroxylation sites is 1. The van der Waals surface area contributed by atoms with Crippen LogP contribution in [0.1, 0.15) is 91.4 Å². The van der Waals surface area contributed by atoms with Crippen LogP contribution in [-0.4, -0.2) is 32.8 Å².